The Balaban J connectivity index is 2.04. The fourth-order valence-electron chi connectivity index (χ4n) is 3.47. The van der Waals surface area contributed by atoms with Crippen molar-refractivity contribution < 1.29 is 5.11 Å². The molecular formula is C17H22ClNO. The topological polar surface area (TPSA) is 23.5 Å². The van der Waals surface area contributed by atoms with Crippen LogP contribution >= 0.6 is 11.6 Å². The molecule has 0 saturated carbocycles. The van der Waals surface area contributed by atoms with Crippen molar-refractivity contribution in [3.8, 4) is 5.75 Å². The van der Waals surface area contributed by atoms with Gasteiger partial charge in [-0.1, -0.05) is 23.3 Å². The lowest BCUT2D eigenvalue weighted by molar-refractivity contribution is 0.333. The van der Waals surface area contributed by atoms with E-state index in [1.54, 1.807) is 5.57 Å². The van der Waals surface area contributed by atoms with Crippen LogP contribution < -0.4 is 0 Å². The second-order valence-electron chi connectivity index (χ2n) is 6.09. The van der Waals surface area contributed by atoms with E-state index < -0.39 is 0 Å². The smallest absolute Gasteiger partial charge is 0.134 e. The van der Waals surface area contributed by atoms with Crippen LogP contribution in [-0.2, 0) is 6.42 Å². The molecule has 0 saturated heterocycles. The molecule has 0 amide bonds. The van der Waals surface area contributed by atoms with Crippen LogP contribution in [0.3, 0.4) is 0 Å². The SMILES string of the molecule is CN1CCc2cc(Cl)c(O)cc2[C@H](C2=CCCCC2)C1. The van der Waals surface area contributed by atoms with Crippen LogP contribution in [-0.4, -0.2) is 30.1 Å². The van der Waals surface area contributed by atoms with Gasteiger partial charge in [-0.25, -0.2) is 0 Å². The number of phenols is 1. The lowest BCUT2D eigenvalue weighted by Gasteiger charge is -2.26. The molecule has 0 aromatic heterocycles. The van der Waals surface area contributed by atoms with Gasteiger partial charge in [-0.2, -0.15) is 0 Å². The summed E-state index contributed by atoms with van der Waals surface area (Å²) in [7, 11) is 2.18. The second kappa shape index (κ2) is 5.79. The lowest BCUT2D eigenvalue weighted by Crippen LogP contribution is -2.25. The number of likely N-dealkylation sites (N-methyl/N-ethyl adjacent to an activating group) is 1. The highest BCUT2D eigenvalue weighted by Crippen LogP contribution is 2.39. The Morgan fingerprint density at radius 2 is 2.10 bits per heavy atom. The van der Waals surface area contributed by atoms with Gasteiger partial charge in [-0.15, -0.1) is 0 Å². The zero-order valence-corrected chi connectivity index (χ0v) is 12.8. The van der Waals surface area contributed by atoms with E-state index in [9.17, 15) is 5.11 Å². The summed E-state index contributed by atoms with van der Waals surface area (Å²) in [6.45, 7) is 2.10. The Morgan fingerprint density at radius 3 is 2.85 bits per heavy atom. The minimum atomic E-state index is 0.219. The molecule has 1 aliphatic carbocycles. The van der Waals surface area contributed by atoms with Gasteiger partial charge in [0.05, 0.1) is 5.02 Å². The quantitative estimate of drug-likeness (QED) is 0.787. The highest BCUT2D eigenvalue weighted by Gasteiger charge is 2.26. The van der Waals surface area contributed by atoms with E-state index >= 15 is 0 Å². The van der Waals surface area contributed by atoms with E-state index in [0.717, 1.165) is 19.5 Å². The van der Waals surface area contributed by atoms with Gasteiger partial charge in [0.1, 0.15) is 5.75 Å². The van der Waals surface area contributed by atoms with E-state index in [1.807, 2.05) is 12.1 Å². The molecule has 2 aliphatic rings. The van der Waals surface area contributed by atoms with Crippen molar-refractivity contribution in [3.05, 3.63) is 39.9 Å². The fourth-order valence-corrected chi connectivity index (χ4v) is 3.66. The molecule has 3 rings (SSSR count). The molecule has 1 aromatic rings. The standard InChI is InChI=1S/C17H22ClNO/c1-19-8-7-13-9-16(18)17(20)10-14(13)15(11-19)12-5-3-2-4-6-12/h5,9-10,15,20H,2-4,6-8,11H2,1H3/t15-/m0/s1. The number of hydrogen-bond acceptors (Lipinski definition) is 2. The Hall–Kier alpha value is -0.990. The first-order chi connectivity index (χ1) is 9.65. The van der Waals surface area contributed by atoms with Crippen LogP contribution in [0.15, 0.2) is 23.8 Å². The number of rotatable bonds is 1. The molecule has 20 heavy (non-hydrogen) atoms. The van der Waals surface area contributed by atoms with Crippen molar-refractivity contribution in [1.82, 2.24) is 4.90 Å². The highest BCUT2D eigenvalue weighted by molar-refractivity contribution is 6.32. The van der Waals surface area contributed by atoms with Gasteiger partial charge < -0.3 is 10.0 Å². The molecule has 0 fully saturated rings. The zero-order chi connectivity index (χ0) is 14.1. The lowest BCUT2D eigenvalue weighted by atomic mass is 9.82. The molecule has 1 aromatic carbocycles. The fraction of sp³-hybridized carbons (Fsp3) is 0.529. The average molecular weight is 292 g/mol. The highest BCUT2D eigenvalue weighted by atomic mass is 35.5. The van der Waals surface area contributed by atoms with Crippen LogP contribution in [0.25, 0.3) is 0 Å². The minimum absolute atomic E-state index is 0.219. The third-order valence-corrected chi connectivity index (χ3v) is 4.92. The monoisotopic (exact) mass is 291 g/mol. The predicted octanol–water partition coefficient (Wildman–Crippen LogP) is 4.12. The minimum Gasteiger partial charge on any atom is -0.506 e. The summed E-state index contributed by atoms with van der Waals surface area (Å²) in [4.78, 5) is 2.39. The maximum Gasteiger partial charge on any atom is 0.134 e. The Bertz CT molecular complexity index is 538. The first-order valence-corrected chi connectivity index (χ1v) is 7.91. The second-order valence-corrected chi connectivity index (χ2v) is 6.50. The number of allylic oxidation sites excluding steroid dienone is 1. The summed E-state index contributed by atoms with van der Waals surface area (Å²) < 4.78 is 0. The van der Waals surface area contributed by atoms with Crippen molar-refractivity contribution in [2.45, 2.75) is 38.0 Å². The Labute approximate surface area is 126 Å². The molecule has 2 nitrogen and oxygen atoms in total. The number of benzene rings is 1. The first kappa shape index (κ1) is 14.0. The Kier molecular flexibility index (Phi) is 4.04. The summed E-state index contributed by atoms with van der Waals surface area (Å²) in [5.74, 6) is 0.636. The molecule has 0 bridgehead atoms. The van der Waals surface area contributed by atoms with E-state index in [1.165, 1.54) is 36.8 Å². The summed E-state index contributed by atoms with van der Waals surface area (Å²) in [5, 5.41) is 10.5. The predicted molar refractivity (Wildman–Crippen MR) is 83.6 cm³/mol. The van der Waals surface area contributed by atoms with Gasteiger partial charge in [-0.05, 0) is 62.4 Å². The van der Waals surface area contributed by atoms with Gasteiger partial charge in [0.15, 0.2) is 0 Å². The van der Waals surface area contributed by atoms with Crippen molar-refractivity contribution in [2.24, 2.45) is 0 Å². The summed E-state index contributed by atoms with van der Waals surface area (Å²) in [6, 6.07) is 3.86. The van der Waals surface area contributed by atoms with Crippen molar-refractivity contribution in [1.29, 1.82) is 0 Å². The number of phenolic OH excluding ortho intramolecular Hbond substituents is 1. The van der Waals surface area contributed by atoms with E-state index in [4.69, 9.17) is 11.6 Å². The molecular weight excluding hydrogens is 270 g/mol. The summed E-state index contributed by atoms with van der Waals surface area (Å²) in [6.07, 6.45) is 8.43. The normalized spacial score (nSPS) is 23.9. The van der Waals surface area contributed by atoms with Gasteiger partial charge in [-0.3, -0.25) is 0 Å². The number of nitrogens with zero attached hydrogens (tertiary/aromatic N) is 1. The molecule has 0 unspecified atom stereocenters. The van der Waals surface area contributed by atoms with Crippen molar-refractivity contribution in [3.63, 3.8) is 0 Å². The van der Waals surface area contributed by atoms with Gasteiger partial charge in [0, 0.05) is 19.0 Å². The molecule has 108 valence electrons. The maximum atomic E-state index is 9.98. The van der Waals surface area contributed by atoms with Crippen LogP contribution in [0.1, 0.15) is 42.7 Å². The zero-order valence-electron chi connectivity index (χ0n) is 12.0. The molecule has 1 atom stereocenters. The molecule has 3 heteroatoms. The number of fused-ring (bicyclic) bond motifs is 1. The van der Waals surface area contributed by atoms with Gasteiger partial charge >= 0.3 is 0 Å². The number of aromatic hydroxyl groups is 1. The molecule has 0 radical (unpaired) electrons. The van der Waals surface area contributed by atoms with Crippen molar-refractivity contribution >= 4 is 11.6 Å². The first-order valence-electron chi connectivity index (χ1n) is 7.54. The third kappa shape index (κ3) is 2.72. The molecule has 0 spiro atoms. The van der Waals surface area contributed by atoms with Crippen molar-refractivity contribution in [2.75, 3.05) is 20.1 Å². The summed E-state index contributed by atoms with van der Waals surface area (Å²) in [5.41, 5.74) is 4.13. The Morgan fingerprint density at radius 1 is 1.25 bits per heavy atom. The van der Waals surface area contributed by atoms with Crippen LogP contribution in [0, 0.1) is 0 Å². The van der Waals surface area contributed by atoms with E-state index in [-0.39, 0.29) is 5.75 Å². The van der Waals surface area contributed by atoms with Crippen LogP contribution in [0.4, 0.5) is 0 Å². The van der Waals surface area contributed by atoms with Gasteiger partial charge in [0.25, 0.3) is 0 Å². The largest absolute Gasteiger partial charge is 0.506 e. The van der Waals surface area contributed by atoms with Gasteiger partial charge in [0.2, 0.25) is 0 Å². The third-order valence-electron chi connectivity index (χ3n) is 4.61. The van der Waals surface area contributed by atoms with E-state index in [2.05, 4.69) is 18.0 Å². The average Bonchev–Trinajstić information content (AvgIpc) is 2.61. The molecule has 1 heterocycles. The molecule has 1 aliphatic heterocycles. The van der Waals surface area contributed by atoms with E-state index in [0.29, 0.717) is 10.9 Å². The van der Waals surface area contributed by atoms with Crippen LogP contribution in [0.2, 0.25) is 5.02 Å². The number of halogens is 1. The summed E-state index contributed by atoms with van der Waals surface area (Å²) >= 11 is 6.09. The maximum absolute atomic E-state index is 9.98. The number of hydrogen-bond donors (Lipinski definition) is 1. The molecule has 1 N–H and O–H groups in total. The van der Waals surface area contributed by atoms with Crippen LogP contribution in [0.5, 0.6) is 5.75 Å².